The van der Waals surface area contributed by atoms with Crippen LogP contribution in [0.5, 0.6) is 0 Å². The van der Waals surface area contributed by atoms with E-state index in [1.165, 1.54) is 57.8 Å². The Morgan fingerprint density at radius 2 is 1.21 bits per heavy atom. The van der Waals surface area contributed by atoms with Crippen molar-refractivity contribution in [2.45, 2.75) is 91.4 Å². The normalized spacial score (nSPS) is 11.1. The van der Waals surface area contributed by atoms with E-state index in [0.29, 0.717) is 11.8 Å². The van der Waals surface area contributed by atoms with Crippen LogP contribution in [-0.2, 0) is 4.79 Å². The standard InChI is InChI=1S/C16H32O2.Sn.2H/c1-4-7-11-16(12-8-5-2,13-9-6-3)14-10-15(17)18;;;/h4-14H2,1-3H3,(H,17,18);;;. The molecule has 0 saturated carbocycles. The van der Waals surface area contributed by atoms with Crippen LogP contribution in [0.4, 0.5) is 0 Å². The monoisotopic (exact) mass is 378 g/mol. The molecule has 0 unspecified atom stereocenters. The van der Waals surface area contributed by atoms with Crippen molar-refractivity contribution in [1.29, 1.82) is 0 Å². The van der Waals surface area contributed by atoms with Gasteiger partial charge in [-0.15, -0.1) is 0 Å². The Morgan fingerprint density at radius 1 is 0.842 bits per heavy atom. The van der Waals surface area contributed by atoms with Gasteiger partial charge in [0.15, 0.2) is 0 Å². The van der Waals surface area contributed by atoms with Crippen molar-refractivity contribution in [2.75, 3.05) is 0 Å². The first-order valence-electron chi connectivity index (χ1n) is 7.82. The van der Waals surface area contributed by atoms with E-state index in [1.54, 1.807) is 0 Å². The van der Waals surface area contributed by atoms with Crippen molar-refractivity contribution in [3.63, 3.8) is 0 Å². The van der Waals surface area contributed by atoms with Gasteiger partial charge in [-0.3, -0.25) is 4.79 Å². The van der Waals surface area contributed by atoms with Gasteiger partial charge >= 0.3 is 29.9 Å². The van der Waals surface area contributed by atoms with Crippen molar-refractivity contribution >= 4 is 29.9 Å². The fourth-order valence-corrected chi connectivity index (χ4v) is 2.78. The van der Waals surface area contributed by atoms with Crippen LogP contribution < -0.4 is 0 Å². The SMILES string of the molecule is CCCCC(CCCC)(CCCC)CCC(=O)O.[SnH2]. The Kier molecular flexibility index (Phi) is 15.1. The fourth-order valence-electron chi connectivity index (χ4n) is 2.78. The molecule has 0 aliphatic rings. The van der Waals surface area contributed by atoms with Gasteiger partial charge in [-0.25, -0.2) is 0 Å². The van der Waals surface area contributed by atoms with Crippen LogP contribution in [0.15, 0.2) is 0 Å². The van der Waals surface area contributed by atoms with Gasteiger partial charge < -0.3 is 5.11 Å². The van der Waals surface area contributed by atoms with Gasteiger partial charge in [0.1, 0.15) is 0 Å². The topological polar surface area (TPSA) is 37.3 Å². The van der Waals surface area contributed by atoms with Crippen LogP contribution in [-0.4, -0.2) is 35.0 Å². The summed E-state index contributed by atoms with van der Waals surface area (Å²) in [4.78, 5) is 10.9. The van der Waals surface area contributed by atoms with E-state index in [9.17, 15) is 4.79 Å². The van der Waals surface area contributed by atoms with Gasteiger partial charge in [0.05, 0.1) is 0 Å². The van der Waals surface area contributed by atoms with E-state index in [1.807, 2.05) is 0 Å². The molecule has 0 bridgehead atoms. The average molecular weight is 377 g/mol. The number of carboxylic acids is 1. The number of carbonyl (C=O) groups is 1. The van der Waals surface area contributed by atoms with Crippen LogP contribution >= 0.6 is 0 Å². The summed E-state index contributed by atoms with van der Waals surface area (Å²) in [5.41, 5.74) is 0.306. The number of rotatable bonds is 12. The first-order chi connectivity index (χ1) is 8.60. The van der Waals surface area contributed by atoms with E-state index in [4.69, 9.17) is 5.11 Å². The molecular formula is C16H34O2Sn. The Hall–Kier alpha value is 0.269. The predicted octanol–water partition coefficient (Wildman–Crippen LogP) is 4.49. The molecule has 0 heterocycles. The second-order valence-electron chi connectivity index (χ2n) is 5.70. The van der Waals surface area contributed by atoms with Crippen LogP contribution in [0.25, 0.3) is 0 Å². The molecule has 2 nitrogen and oxygen atoms in total. The summed E-state index contributed by atoms with van der Waals surface area (Å²) in [5, 5.41) is 8.95. The number of aliphatic carboxylic acids is 1. The third kappa shape index (κ3) is 10.7. The first-order valence-corrected chi connectivity index (χ1v) is 7.82. The molecule has 0 aliphatic heterocycles. The van der Waals surface area contributed by atoms with E-state index in [0.717, 1.165) is 6.42 Å². The fraction of sp³-hybridized carbons (Fsp3) is 0.938. The summed E-state index contributed by atoms with van der Waals surface area (Å²) in [6, 6.07) is 0. The van der Waals surface area contributed by atoms with Crippen molar-refractivity contribution in [3.05, 3.63) is 0 Å². The molecule has 114 valence electrons. The molecule has 0 aromatic rings. The number of carboxylic acid groups (broad SMARTS) is 1. The molecule has 0 atom stereocenters. The summed E-state index contributed by atoms with van der Waals surface area (Å²) in [6.45, 7) is 6.67. The first kappa shape index (κ1) is 21.6. The third-order valence-electron chi connectivity index (χ3n) is 4.05. The van der Waals surface area contributed by atoms with Crippen molar-refractivity contribution in [3.8, 4) is 0 Å². The third-order valence-corrected chi connectivity index (χ3v) is 4.05. The minimum atomic E-state index is -0.635. The maximum atomic E-state index is 10.9. The Bertz CT molecular complexity index is 195. The van der Waals surface area contributed by atoms with Crippen LogP contribution in [0.3, 0.4) is 0 Å². The molecule has 0 aliphatic carbocycles. The van der Waals surface area contributed by atoms with E-state index >= 15 is 0 Å². The van der Waals surface area contributed by atoms with Gasteiger partial charge in [0, 0.05) is 6.42 Å². The number of hydrogen-bond acceptors (Lipinski definition) is 1. The van der Waals surface area contributed by atoms with Crippen molar-refractivity contribution in [2.24, 2.45) is 5.41 Å². The molecule has 2 radical (unpaired) electrons. The minimum absolute atomic E-state index is 0. The quantitative estimate of drug-likeness (QED) is 0.509. The zero-order chi connectivity index (χ0) is 13.9. The molecule has 0 spiro atoms. The molecular weight excluding hydrogens is 343 g/mol. The average Bonchev–Trinajstić information content (AvgIpc) is 2.37. The molecule has 3 heteroatoms. The Morgan fingerprint density at radius 3 is 1.47 bits per heavy atom. The molecule has 19 heavy (non-hydrogen) atoms. The zero-order valence-electron chi connectivity index (χ0n) is 13.3. The maximum absolute atomic E-state index is 10.9. The van der Waals surface area contributed by atoms with Crippen LogP contribution in [0.2, 0.25) is 0 Å². The molecule has 0 aromatic heterocycles. The molecule has 0 fully saturated rings. The molecule has 0 amide bonds. The van der Waals surface area contributed by atoms with Crippen LogP contribution in [0, 0.1) is 5.41 Å². The Labute approximate surface area is 136 Å². The Balaban J connectivity index is 0. The molecule has 1 N–H and O–H groups in total. The summed E-state index contributed by atoms with van der Waals surface area (Å²) < 4.78 is 0. The van der Waals surface area contributed by atoms with Gasteiger partial charge in [-0.2, -0.15) is 0 Å². The summed E-state index contributed by atoms with van der Waals surface area (Å²) in [6.07, 6.45) is 12.3. The molecule has 0 rings (SSSR count). The number of unbranched alkanes of at least 4 members (excludes halogenated alkanes) is 3. The zero-order valence-corrected chi connectivity index (χ0v) is 17.4. The van der Waals surface area contributed by atoms with E-state index in [-0.39, 0.29) is 23.9 Å². The van der Waals surface area contributed by atoms with Gasteiger partial charge in [0.25, 0.3) is 0 Å². The van der Waals surface area contributed by atoms with Crippen molar-refractivity contribution < 1.29 is 9.90 Å². The van der Waals surface area contributed by atoms with E-state index < -0.39 is 5.97 Å². The second kappa shape index (κ2) is 13.3. The van der Waals surface area contributed by atoms with E-state index in [2.05, 4.69) is 20.8 Å². The summed E-state index contributed by atoms with van der Waals surface area (Å²) in [7, 11) is 0. The van der Waals surface area contributed by atoms with Crippen LogP contribution in [0.1, 0.15) is 91.4 Å². The van der Waals surface area contributed by atoms with Gasteiger partial charge in [-0.05, 0) is 31.1 Å². The molecule has 0 aromatic carbocycles. The molecule has 0 saturated heterocycles. The van der Waals surface area contributed by atoms with Crippen molar-refractivity contribution in [1.82, 2.24) is 0 Å². The summed E-state index contributed by atoms with van der Waals surface area (Å²) >= 11 is 0. The second-order valence-corrected chi connectivity index (χ2v) is 5.70. The van der Waals surface area contributed by atoms with Gasteiger partial charge in [0.2, 0.25) is 0 Å². The predicted molar refractivity (Wildman–Crippen MR) is 86.4 cm³/mol. The summed E-state index contributed by atoms with van der Waals surface area (Å²) in [5.74, 6) is -0.635. The van der Waals surface area contributed by atoms with Gasteiger partial charge in [-0.1, -0.05) is 59.3 Å². The number of hydrogen-bond donors (Lipinski definition) is 1.